The first-order valence-corrected chi connectivity index (χ1v) is 8.83. The molecule has 1 heterocycles. The van der Waals surface area contributed by atoms with Gasteiger partial charge in [-0.25, -0.2) is 4.98 Å². The quantitative estimate of drug-likeness (QED) is 0.774. The van der Waals surface area contributed by atoms with E-state index in [-0.39, 0.29) is 12.0 Å². The maximum Gasteiger partial charge on any atom is 0.311 e. The molecular weight excluding hydrogens is 320 g/mol. The van der Waals surface area contributed by atoms with Gasteiger partial charge in [0.1, 0.15) is 6.10 Å². The summed E-state index contributed by atoms with van der Waals surface area (Å²) >= 11 is 0. The van der Waals surface area contributed by atoms with Crippen molar-refractivity contribution in [1.82, 2.24) is 10.3 Å². The van der Waals surface area contributed by atoms with Gasteiger partial charge in [0.05, 0.1) is 11.8 Å². The van der Waals surface area contributed by atoms with Crippen molar-refractivity contribution in [2.45, 2.75) is 45.3 Å². The first kappa shape index (κ1) is 17.5. The molecular formula is C19H24N2O4. The molecule has 2 aliphatic rings. The van der Waals surface area contributed by atoms with Gasteiger partial charge in [0.15, 0.2) is 0 Å². The molecule has 2 N–H and O–H groups in total. The number of nitrogens with zero attached hydrogens (tertiary/aromatic N) is 1. The van der Waals surface area contributed by atoms with Crippen LogP contribution in [0.3, 0.4) is 0 Å². The Hall–Kier alpha value is -2.37. The molecule has 0 saturated heterocycles. The summed E-state index contributed by atoms with van der Waals surface area (Å²) in [6.45, 7) is 2.60. The van der Waals surface area contributed by atoms with Crippen molar-refractivity contribution in [3.05, 3.63) is 36.0 Å². The first-order valence-electron chi connectivity index (χ1n) is 8.83. The van der Waals surface area contributed by atoms with Gasteiger partial charge in [-0.15, -0.1) is 0 Å². The molecule has 6 heteroatoms. The van der Waals surface area contributed by atoms with E-state index in [0.717, 1.165) is 24.3 Å². The highest BCUT2D eigenvalue weighted by Crippen LogP contribution is 2.27. The summed E-state index contributed by atoms with van der Waals surface area (Å²) in [7, 11) is 0. The Morgan fingerprint density at radius 2 is 1.96 bits per heavy atom. The highest BCUT2D eigenvalue weighted by Gasteiger charge is 2.35. The van der Waals surface area contributed by atoms with E-state index in [2.05, 4.69) is 17.2 Å². The number of amides is 1. The maximum absolute atomic E-state index is 12.1. The lowest BCUT2D eigenvalue weighted by Gasteiger charge is -2.26. The summed E-state index contributed by atoms with van der Waals surface area (Å²) in [6.07, 6.45) is 9.51. The molecule has 1 amide bonds. The standard InChI is InChI=1S/C19H24N2O4/c1-12-2-4-14(5-3-12)25-17-10-13(8-9-20-17)11-21-18(22)15-6-7-16(15)19(23)24/h6-10,12,14-16H,2-5,11H2,1H3,(H,21,22)(H,23,24)/t12?,14?,15-,16+/m1/s1. The number of rotatable bonds is 6. The second kappa shape index (κ2) is 7.68. The van der Waals surface area contributed by atoms with E-state index in [4.69, 9.17) is 9.84 Å². The van der Waals surface area contributed by atoms with Crippen LogP contribution < -0.4 is 10.1 Å². The number of carbonyl (C=O) groups excluding carboxylic acids is 1. The Labute approximate surface area is 147 Å². The molecule has 1 fully saturated rings. The molecule has 25 heavy (non-hydrogen) atoms. The number of aliphatic carboxylic acids is 1. The summed E-state index contributed by atoms with van der Waals surface area (Å²) in [4.78, 5) is 27.3. The third-order valence-electron chi connectivity index (χ3n) is 5.02. The van der Waals surface area contributed by atoms with E-state index in [0.29, 0.717) is 12.4 Å². The van der Waals surface area contributed by atoms with Gasteiger partial charge in [-0.05, 0) is 43.2 Å². The monoisotopic (exact) mass is 344 g/mol. The molecule has 134 valence electrons. The van der Waals surface area contributed by atoms with E-state index in [1.807, 2.05) is 12.1 Å². The SMILES string of the molecule is CC1CCC(Oc2cc(CNC(=O)[C@@H]3C=C[C@@H]3C(=O)O)ccn2)CC1. The van der Waals surface area contributed by atoms with Crippen molar-refractivity contribution in [3.8, 4) is 5.88 Å². The Balaban J connectivity index is 1.51. The molecule has 2 atom stereocenters. The van der Waals surface area contributed by atoms with E-state index >= 15 is 0 Å². The fraction of sp³-hybridized carbons (Fsp3) is 0.526. The van der Waals surface area contributed by atoms with Crippen LogP contribution in [-0.2, 0) is 16.1 Å². The third-order valence-corrected chi connectivity index (χ3v) is 5.02. The lowest BCUT2D eigenvalue weighted by molar-refractivity contribution is -0.145. The first-order chi connectivity index (χ1) is 12.0. The fourth-order valence-electron chi connectivity index (χ4n) is 3.27. The molecule has 1 aromatic heterocycles. The average molecular weight is 344 g/mol. The van der Waals surface area contributed by atoms with Crippen molar-refractivity contribution in [2.75, 3.05) is 0 Å². The van der Waals surface area contributed by atoms with Crippen LogP contribution in [0.2, 0.25) is 0 Å². The van der Waals surface area contributed by atoms with Gasteiger partial charge in [-0.2, -0.15) is 0 Å². The van der Waals surface area contributed by atoms with E-state index in [1.165, 1.54) is 18.9 Å². The van der Waals surface area contributed by atoms with Crippen LogP contribution in [0.1, 0.15) is 38.2 Å². The highest BCUT2D eigenvalue weighted by atomic mass is 16.5. The van der Waals surface area contributed by atoms with Crippen molar-refractivity contribution in [2.24, 2.45) is 17.8 Å². The van der Waals surface area contributed by atoms with Gasteiger partial charge in [0.2, 0.25) is 11.8 Å². The number of carbonyl (C=O) groups is 2. The summed E-state index contributed by atoms with van der Waals surface area (Å²) in [6, 6.07) is 3.66. The lowest BCUT2D eigenvalue weighted by Crippen LogP contribution is -2.39. The number of pyridine rings is 1. The number of hydrogen-bond donors (Lipinski definition) is 2. The number of ether oxygens (including phenoxy) is 1. The normalized spacial score (nSPS) is 28.0. The predicted molar refractivity (Wildman–Crippen MR) is 91.9 cm³/mol. The van der Waals surface area contributed by atoms with Crippen molar-refractivity contribution in [3.63, 3.8) is 0 Å². The van der Waals surface area contributed by atoms with Crippen LogP contribution in [0.15, 0.2) is 30.5 Å². The van der Waals surface area contributed by atoms with Gasteiger partial charge in [0, 0.05) is 18.8 Å². The Morgan fingerprint density at radius 3 is 2.60 bits per heavy atom. The topological polar surface area (TPSA) is 88.5 Å². The third kappa shape index (κ3) is 4.38. The van der Waals surface area contributed by atoms with Crippen molar-refractivity contribution >= 4 is 11.9 Å². The molecule has 2 aliphatic carbocycles. The highest BCUT2D eigenvalue weighted by molar-refractivity contribution is 5.89. The molecule has 0 bridgehead atoms. The zero-order chi connectivity index (χ0) is 17.8. The second-order valence-electron chi connectivity index (χ2n) is 6.99. The van der Waals surface area contributed by atoms with Gasteiger partial charge >= 0.3 is 5.97 Å². The van der Waals surface area contributed by atoms with Crippen LogP contribution in [0, 0.1) is 17.8 Å². The molecule has 0 aliphatic heterocycles. The minimum atomic E-state index is -0.968. The van der Waals surface area contributed by atoms with Crippen LogP contribution in [-0.4, -0.2) is 28.1 Å². The number of aromatic nitrogens is 1. The number of carboxylic acids is 1. The van der Waals surface area contributed by atoms with Crippen LogP contribution in [0.4, 0.5) is 0 Å². The number of nitrogens with one attached hydrogen (secondary N) is 1. The molecule has 1 saturated carbocycles. The molecule has 0 unspecified atom stereocenters. The van der Waals surface area contributed by atoms with Crippen LogP contribution in [0.5, 0.6) is 5.88 Å². The van der Waals surface area contributed by atoms with E-state index < -0.39 is 17.8 Å². The summed E-state index contributed by atoms with van der Waals surface area (Å²) in [5, 5.41) is 11.8. The lowest BCUT2D eigenvalue weighted by atomic mass is 9.81. The fourth-order valence-corrected chi connectivity index (χ4v) is 3.27. The van der Waals surface area contributed by atoms with Gasteiger partial charge in [-0.3, -0.25) is 9.59 Å². The van der Waals surface area contributed by atoms with Crippen LogP contribution in [0.25, 0.3) is 0 Å². The molecule has 6 nitrogen and oxygen atoms in total. The smallest absolute Gasteiger partial charge is 0.311 e. The Morgan fingerprint density at radius 1 is 1.24 bits per heavy atom. The van der Waals surface area contributed by atoms with Crippen molar-refractivity contribution in [1.29, 1.82) is 0 Å². The zero-order valence-corrected chi connectivity index (χ0v) is 14.4. The van der Waals surface area contributed by atoms with Gasteiger partial charge in [-0.1, -0.05) is 19.1 Å². The van der Waals surface area contributed by atoms with Gasteiger partial charge in [0.25, 0.3) is 0 Å². The average Bonchev–Trinajstić information content (AvgIpc) is 2.54. The minimum Gasteiger partial charge on any atom is -0.481 e. The van der Waals surface area contributed by atoms with E-state index in [9.17, 15) is 9.59 Å². The molecule has 0 aromatic carbocycles. The van der Waals surface area contributed by atoms with E-state index in [1.54, 1.807) is 12.3 Å². The van der Waals surface area contributed by atoms with Crippen LogP contribution >= 0.6 is 0 Å². The largest absolute Gasteiger partial charge is 0.481 e. The predicted octanol–water partition coefficient (Wildman–Crippen LogP) is 2.54. The maximum atomic E-state index is 12.1. The summed E-state index contributed by atoms with van der Waals surface area (Å²) < 4.78 is 5.97. The minimum absolute atomic E-state index is 0.213. The number of carboxylic acid groups (broad SMARTS) is 1. The summed E-state index contributed by atoms with van der Waals surface area (Å²) in [5.74, 6) is -1.19. The molecule has 0 spiro atoms. The van der Waals surface area contributed by atoms with Gasteiger partial charge < -0.3 is 15.2 Å². The van der Waals surface area contributed by atoms with Crippen molar-refractivity contribution < 1.29 is 19.4 Å². The Kier molecular flexibility index (Phi) is 5.36. The zero-order valence-electron chi connectivity index (χ0n) is 14.4. The Bertz CT molecular complexity index is 665. The molecule has 1 aromatic rings. The number of hydrogen-bond acceptors (Lipinski definition) is 4. The molecule has 3 rings (SSSR count). The molecule has 0 radical (unpaired) electrons. The summed E-state index contributed by atoms with van der Waals surface area (Å²) in [5.41, 5.74) is 0.887. The second-order valence-corrected chi connectivity index (χ2v) is 6.99.